The second-order valence-corrected chi connectivity index (χ2v) is 8.21. The van der Waals surface area contributed by atoms with E-state index in [0.29, 0.717) is 29.1 Å². The van der Waals surface area contributed by atoms with Gasteiger partial charge in [-0.15, -0.1) is 0 Å². The van der Waals surface area contributed by atoms with E-state index in [9.17, 15) is 13.2 Å². The van der Waals surface area contributed by atoms with E-state index in [1.807, 2.05) is 6.07 Å². The molecule has 2 aromatic carbocycles. The highest BCUT2D eigenvalue weighted by atomic mass is 32.2. The zero-order chi connectivity index (χ0) is 20.4. The highest BCUT2D eigenvalue weighted by Crippen LogP contribution is 2.24. The standard InChI is InChI=1S/C20H19N5O3S/c1-2-25(15-6-4-3-5-7-15)29(27,28)16-9-11-19(21-13-16)22-14-8-10-17-18(12-14)24-20(26)23-17/h3-13H,2H2,1H3,(H,21,22)(H2,23,24,26). The molecular formula is C20H19N5O3S. The summed E-state index contributed by atoms with van der Waals surface area (Å²) in [6.45, 7) is 2.09. The van der Waals surface area contributed by atoms with Gasteiger partial charge in [-0.2, -0.15) is 0 Å². The van der Waals surface area contributed by atoms with Crippen LogP contribution in [0, 0.1) is 0 Å². The molecule has 0 bridgehead atoms. The van der Waals surface area contributed by atoms with E-state index in [1.54, 1.807) is 55.5 Å². The number of imidazole rings is 1. The Morgan fingerprint density at radius 3 is 2.45 bits per heavy atom. The van der Waals surface area contributed by atoms with Crippen LogP contribution in [0.1, 0.15) is 6.92 Å². The Morgan fingerprint density at radius 2 is 1.76 bits per heavy atom. The number of hydrogen-bond acceptors (Lipinski definition) is 5. The van der Waals surface area contributed by atoms with Crippen LogP contribution in [0.4, 0.5) is 17.2 Å². The molecule has 0 aliphatic rings. The highest BCUT2D eigenvalue weighted by molar-refractivity contribution is 7.92. The van der Waals surface area contributed by atoms with Crippen LogP contribution in [-0.4, -0.2) is 29.9 Å². The first-order valence-electron chi connectivity index (χ1n) is 9.00. The van der Waals surface area contributed by atoms with Crippen molar-refractivity contribution in [3.63, 3.8) is 0 Å². The van der Waals surface area contributed by atoms with E-state index in [-0.39, 0.29) is 10.6 Å². The molecular weight excluding hydrogens is 390 g/mol. The van der Waals surface area contributed by atoms with Gasteiger partial charge in [0, 0.05) is 18.4 Å². The molecule has 0 saturated carbocycles. The van der Waals surface area contributed by atoms with Crippen molar-refractivity contribution in [3.8, 4) is 0 Å². The molecule has 4 aromatic rings. The first kappa shape index (κ1) is 18.8. The molecule has 0 saturated heterocycles. The lowest BCUT2D eigenvalue weighted by molar-refractivity contribution is 0.591. The number of fused-ring (bicyclic) bond motifs is 1. The summed E-state index contributed by atoms with van der Waals surface area (Å²) in [6, 6.07) is 17.4. The Bertz CT molecular complexity index is 1300. The minimum Gasteiger partial charge on any atom is -0.340 e. The summed E-state index contributed by atoms with van der Waals surface area (Å²) in [7, 11) is -3.72. The lowest BCUT2D eigenvalue weighted by atomic mass is 10.2. The molecule has 0 radical (unpaired) electrons. The summed E-state index contributed by atoms with van der Waals surface area (Å²) in [5, 5.41) is 3.10. The average Bonchev–Trinajstić information content (AvgIpc) is 3.09. The molecule has 2 heterocycles. The maximum absolute atomic E-state index is 13.0. The molecule has 0 unspecified atom stereocenters. The van der Waals surface area contributed by atoms with Crippen LogP contribution in [0.3, 0.4) is 0 Å². The topological polar surface area (TPSA) is 111 Å². The fraction of sp³-hybridized carbons (Fsp3) is 0.100. The zero-order valence-corrected chi connectivity index (χ0v) is 16.4. The predicted octanol–water partition coefficient (Wildman–Crippen LogP) is 3.21. The number of pyridine rings is 1. The van der Waals surface area contributed by atoms with E-state index in [4.69, 9.17) is 0 Å². The number of rotatable bonds is 6. The molecule has 0 aliphatic carbocycles. The zero-order valence-electron chi connectivity index (χ0n) is 15.6. The number of nitrogens with one attached hydrogen (secondary N) is 3. The number of benzene rings is 2. The molecule has 2 aromatic heterocycles. The third-order valence-electron chi connectivity index (χ3n) is 4.44. The van der Waals surface area contributed by atoms with Crippen LogP contribution in [-0.2, 0) is 10.0 Å². The van der Waals surface area contributed by atoms with Crippen molar-refractivity contribution in [1.29, 1.82) is 0 Å². The van der Waals surface area contributed by atoms with Crippen LogP contribution >= 0.6 is 0 Å². The Labute approximate surface area is 167 Å². The van der Waals surface area contributed by atoms with E-state index in [2.05, 4.69) is 20.3 Å². The number of anilines is 3. The lowest BCUT2D eigenvalue weighted by Gasteiger charge is -2.22. The largest absolute Gasteiger partial charge is 0.340 e. The maximum atomic E-state index is 13.0. The van der Waals surface area contributed by atoms with Crippen LogP contribution in [0.25, 0.3) is 11.0 Å². The number of aromatic amines is 2. The summed E-state index contributed by atoms with van der Waals surface area (Å²) < 4.78 is 27.4. The van der Waals surface area contributed by atoms with Crippen molar-refractivity contribution in [3.05, 3.63) is 77.3 Å². The minimum atomic E-state index is -3.72. The van der Waals surface area contributed by atoms with E-state index >= 15 is 0 Å². The Morgan fingerprint density at radius 1 is 1.00 bits per heavy atom. The Balaban J connectivity index is 1.58. The molecule has 0 aliphatic heterocycles. The number of H-pyrrole nitrogens is 2. The van der Waals surface area contributed by atoms with E-state index in [1.165, 1.54) is 16.6 Å². The molecule has 0 fully saturated rings. The van der Waals surface area contributed by atoms with E-state index < -0.39 is 10.0 Å². The normalized spacial score (nSPS) is 11.5. The molecule has 0 amide bonds. The summed E-state index contributed by atoms with van der Waals surface area (Å²) in [5.41, 5.74) is 2.42. The minimum absolute atomic E-state index is 0.110. The number of aromatic nitrogens is 3. The number of nitrogens with zero attached hydrogens (tertiary/aromatic N) is 2. The van der Waals surface area contributed by atoms with Gasteiger partial charge in [-0.3, -0.25) is 4.31 Å². The second-order valence-electron chi connectivity index (χ2n) is 6.35. The molecule has 4 rings (SSSR count). The van der Waals surface area contributed by atoms with Crippen molar-refractivity contribution in [2.45, 2.75) is 11.8 Å². The smallest absolute Gasteiger partial charge is 0.323 e. The molecule has 9 heteroatoms. The second kappa shape index (κ2) is 7.44. The van der Waals surface area contributed by atoms with Crippen molar-refractivity contribution in [2.75, 3.05) is 16.2 Å². The molecule has 148 valence electrons. The Kier molecular flexibility index (Phi) is 4.81. The van der Waals surface area contributed by atoms with Gasteiger partial charge in [0.05, 0.1) is 16.7 Å². The predicted molar refractivity (Wildman–Crippen MR) is 113 cm³/mol. The summed E-state index contributed by atoms with van der Waals surface area (Å²) in [4.78, 5) is 21.1. The van der Waals surface area contributed by atoms with Gasteiger partial charge in [-0.1, -0.05) is 18.2 Å². The Hall–Kier alpha value is -3.59. The van der Waals surface area contributed by atoms with Gasteiger partial charge in [0.25, 0.3) is 10.0 Å². The van der Waals surface area contributed by atoms with Gasteiger partial charge in [0.2, 0.25) is 0 Å². The molecule has 0 atom stereocenters. The first-order chi connectivity index (χ1) is 14.0. The summed E-state index contributed by atoms with van der Waals surface area (Å²) in [6.07, 6.45) is 1.33. The summed E-state index contributed by atoms with van der Waals surface area (Å²) >= 11 is 0. The highest BCUT2D eigenvalue weighted by Gasteiger charge is 2.23. The first-order valence-corrected chi connectivity index (χ1v) is 10.4. The van der Waals surface area contributed by atoms with Crippen molar-refractivity contribution >= 4 is 38.2 Å². The summed E-state index contributed by atoms with van der Waals surface area (Å²) in [5.74, 6) is 0.490. The van der Waals surface area contributed by atoms with Crippen molar-refractivity contribution in [2.24, 2.45) is 0 Å². The van der Waals surface area contributed by atoms with Gasteiger partial charge in [0.15, 0.2) is 0 Å². The van der Waals surface area contributed by atoms with Gasteiger partial charge < -0.3 is 15.3 Å². The third-order valence-corrected chi connectivity index (χ3v) is 6.33. The van der Waals surface area contributed by atoms with Crippen molar-refractivity contribution < 1.29 is 8.42 Å². The van der Waals surface area contributed by atoms with Gasteiger partial charge in [-0.05, 0) is 49.4 Å². The lowest BCUT2D eigenvalue weighted by Crippen LogP contribution is -2.30. The van der Waals surface area contributed by atoms with Crippen LogP contribution in [0.5, 0.6) is 0 Å². The molecule has 0 spiro atoms. The van der Waals surface area contributed by atoms with Gasteiger partial charge >= 0.3 is 5.69 Å². The average molecular weight is 409 g/mol. The van der Waals surface area contributed by atoms with Crippen LogP contribution < -0.4 is 15.3 Å². The molecule has 8 nitrogen and oxygen atoms in total. The molecule has 29 heavy (non-hydrogen) atoms. The quantitative estimate of drug-likeness (QED) is 0.453. The third kappa shape index (κ3) is 3.72. The number of para-hydroxylation sites is 1. The number of hydrogen-bond donors (Lipinski definition) is 3. The van der Waals surface area contributed by atoms with Crippen molar-refractivity contribution in [1.82, 2.24) is 15.0 Å². The maximum Gasteiger partial charge on any atom is 0.323 e. The van der Waals surface area contributed by atoms with Crippen LogP contribution in [0.2, 0.25) is 0 Å². The fourth-order valence-corrected chi connectivity index (χ4v) is 4.50. The monoisotopic (exact) mass is 409 g/mol. The van der Waals surface area contributed by atoms with Gasteiger partial charge in [0.1, 0.15) is 10.7 Å². The SMILES string of the molecule is CCN(c1ccccc1)S(=O)(=O)c1ccc(Nc2ccc3[nH]c(=O)[nH]c3c2)nc1. The number of sulfonamides is 1. The molecule has 3 N–H and O–H groups in total. The van der Waals surface area contributed by atoms with Crippen LogP contribution in [0.15, 0.2) is 76.6 Å². The van der Waals surface area contributed by atoms with Gasteiger partial charge in [-0.25, -0.2) is 18.2 Å². The van der Waals surface area contributed by atoms with E-state index in [0.717, 1.165) is 5.69 Å². The fourth-order valence-electron chi connectivity index (χ4n) is 3.08.